The smallest absolute Gasteiger partial charge is 0.266 e. The van der Waals surface area contributed by atoms with Crippen LogP contribution in [0.1, 0.15) is 11.1 Å². The van der Waals surface area contributed by atoms with Gasteiger partial charge in [0.15, 0.2) is 5.82 Å². The molecule has 0 amide bonds. The third-order valence-electron chi connectivity index (χ3n) is 5.63. The van der Waals surface area contributed by atoms with E-state index in [4.69, 9.17) is 5.10 Å². The summed E-state index contributed by atoms with van der Waals surface area (Å²) in [6.07, 6.45) is 3.66. The van der Waals surface area contributed by atoms with Crippen LogP contribution in [-0.2, 0) is 0 Å². The molecule has 3 aromatic heterocycles. The summed E-state index contributed by atoms with van der Waals surface area (Å²) >= 11 is 1.27. The van der Waals surface area contributed by atoms with Crippen molar-refractivity contribution in [2.24, 2.45) is 0 Å². The predicted octanol–water partition coefficient (Wildman–Crippen LogP) is 4.67. The Kier molecular flexibility index (Phi) is 5.08. The first kappa shape index (κ1) is 21.1. The number of para-hydroxylation sites is 1. The lowest BCUT2D eigenvalue weighted by atomic mass is 10.1. The number of aryl methyl sites for hydroxylation is 1. The summed E-state index contributed by atoms with van der Waals surface area (Å²) < 4.78 is 17.1. The van der Waals surface area contributed by atoms with Crippen LogP contribution in [-0.4, -0.2) is 24.4 Å². The van der Waals surface area contributed by atoms with Crippen LogP contribution in [0.15, 0.2) is 89.9 Å². The summed E-state index contributed by atoms with van der Waals surface area (Å²) in [6, 6.07) is 23.7. The second-order valence-electron chi connectivity index (χ2n) is 8.14. The normalized spacial score (nSPS) is 12.0. The maximum absolute atomic E-state index is 13.5. The Morgan fingerprint density at radius 1 is 0.914 bits per heavy atom. The summed E-state index contributed by atoms with van der Waals surface area (Å²) in [5.74, 6) is 0.200. The number of rotatable bonds is 4. The van der Waals surface area contributed by atoms with Crippen LogP contribution in [0.3, 0.4) is 0 Å². The van der Waals surface area contributed by atoms with Crippen molar-refractivity contribution in [1.82, 2.24) is 24.4 Å². The van der Waals surface area contributed by atoms with Crippen molar-refractivity contribution < 1.29 is 4.39 Å². The molecule has 3 heterocycles. The number of nitrogens with zero attached hydrogens (tertiary/aromatic N) is 5. The zero-order valence-corrected chi connectivity index (χ0v) is 19.4. The highest BCUT2D eigenvalue weighted by Gasteiger charge is 2.15. The Hall–Kier alpha value is -4.43. The molecule has 0 atom stereocenters. The van der Waals surface area contributed by atoms with E-state index in [1.54, 1.807) is 22.9 Å². The lowest BCUT2D eigenvalue weighted by Gasteiger charge is -2.00. The molecule has 0 saturated carbocycles. The molecule has 0 bridgehead atoms. The number of halogens is 1. The summed E-state index contributed by atoms with van der Waals surface area (Å²) in [4.78, 5) is 18.3. The van der Waals surface area contributed by atoms with E-state index < -0.39 is 0 Å². The minimum atomic E-state index is -0.321. The molecule has 6 nitrogen and oxygen atoms in total. The van der Waals surface area contributed by atoms with Crippen LogP contribution in [0.5, 0.6) is 0 Å². The fourth-order valence-electron chi connectivity index (χ4n) is 3.92. The van der Waals surface area contributed by atoms with Crippen molar-refractivity contribution in [2.45, 2.75) is 6.92 Å². The van der Waals surface area contributed by atoms with Crippen molar-refractivity contribution in [2.75, 3.05) is 0 Å². The van der Waals surface area contributed by atoms with Gasteiger partial charge in [-0.1, -0.05) is 53.3 Å². The predicted molar refractivity (Wildman–Crippen MR) is 135 cm³/mol. The van der Waals surface area contributed by atoms with Crippen LogP contribution in [0, 0.1) is 12.7 Å². The van der Waals surface area contributed by atoms with Gasteiger partial charge in [-0.15, -0.1) is 5.10 Å². The minimum absolute atomic E-state index is 0.242. The Bertz CT molecular complexity index is 1790. The molecule has 0 spiro atoms. The molecular formula is C27H18FN5OS. The van der Waals surface area contributed by atoms with E-state index in [1.165, 1.54) is 28.0 Å². The average molecular weight is 480 g/mol. The van der Waals surface area contributed by atoms with Crippen LogP contribution >= 0.6 is 11.3 Å². The van der Waals surface area contributed by atoms with Crippen LogP contribution in [0.2, 0.25) is 0 Å². The quantitative estimate of drug-likeness (QED) is 0.369. The molecule has 170 valence electrons. The maximum atomic E-state index is 13.5. The molecule has 35 heavy (non-hydrogen) atoms. The zero-order chi connectivity index (χ0) is 23.9. The molecule has 0 unspecified atom stereocenters. The SMILES string of the molecule is Cc1cccc(-c2nc3s/c(=C\c4cn(-c5ccccc5)nc4-c4ccc(F)cc4)c(=O)n3n2)c1. The Morgan fingerprint density at radius 3 is 2.46 bits per heavy atom. The molecule has 6 rings (SSSR count). The lowest BCUT2D eigenvalue weighted by Crippen LogP contribution is -2.23. The largest absolute Gasteiger partial charge is 0.291 e. The van der Waals surface area contributed by atoms with Gasteiger partial charge in [0.05, 0.1) is 10.2 Å². The molecular weight excluding hydrogens is 461 g/mol. The van der Waals surface area contributed by atoms with E-state index in [1.807, 2.05) is 67.7 Å². The van der Waals surface area contributed by atoms with Gasteiger partial charge in [-0.2, -0.15) is 14.6 Å². The fourth-order valence-corrected chi connectivity index (χ4v) is 4.82. The fraction of sp³-hybridized carbons (Fsp3) is 0.0370. The van der Waals surface area contributed by atoms with Crippen molar-refractivity contribution in [3.8, 4) is 28.3 Å². The molecule has 0 aliphatic heterocycles. The highest BCUT2D eigenvalue weighted by atomic mass is 32.1. The first-order valence-electron chi connectivity index (χ1n) is 10.9. The monoisotopic (exact) mass is 479 g/mol. The highest BCUT2D eigenvalue weighted by molar-refractivity contribution is 7.15. The number of hydrogen-bond acceptors (Lipinski definition) is 5. The summed E-state index contributed by atoms with van der Waals surface area (Å²) in [6.45, 7) is 2.00. The van der Waals surface area contributed by atoms with Crippen molar-refractivity contribution >= 4 is 22.4 Å². The van der Waals surface area contributed by atoms with Crippen LogP contribution in [0.25, 0.3) is 39.4 Å². The van der Waals surface area contributed by atoms with E-state index in [-0.39, 0.29) is 11.4 Å². The molecule has 0 N–H and O–H groups in total. The number of benzene rings is 3. The maximum Gasteiger partial charge on any atom is 0.291 e. The molecule has 0 aliphatic carbocycles. The van der Waals surface area contributed by atoms with E-state index in [0.717, 1.165) is 27.9 Å². The van der Waals surface area contributed by atoms with Gasteiger partial charge in [-0.25, -0.2) is 9.07 Å². The molecule has 0 radical (unpaired) electrons. The highest BCUT2D eigenvalue weighted by Crippen LogP contribution is 2.25. The number of thiazole rings is 1. The van der Waals surface area contributed by atoms with Crippen molar-refractivity contribution in [3.63, 3.8) is 0 Å². The summed E-state index contributed by atoms with van der Waals surface area (Å²) in [5, 5.41) is 9.19. The molecule has 0 saturated heterocycles. The van der Waals surface area contributed by atoms with E-state index in [2.05, 4.69) is 10.1 Å². The molecule has 3 aromatic carbocycles. The van der Waals surface area contributed by atoms with Crippen molar-refractivity contribution in [3.05, 3.63) is 117 Å². The van der Waals surface area contributed by atoms with Crippen molar-refractivity contribution in [1.29, 1.82) is 0 Å². The van der Waals surface area contributed by atoms with Gasteiger partial charge in [0.25, 0.3) is 5.56 Å². The van der Waals surface area contributed by atoms with Crippen LogP contribution in [0.4, 0.5) is 4.39 Å². The van der Waals surface area contributed by atoms with Gasteiger partial charge >= 0.3 is 0 Å². The first-order valence-corrected chi connectivity index (χ1v) is 11.8. The molecule has 6 aromatic rings. The topological polar surface area (TPSA) is 65.1 Å². The van der Waals surface area contributed by atoms with Gasteiger partial charge in [0.2, 0.25) is 4.96 Å². The summed E-state index contributed by atoms with van der Waals surface area (Å²) in [7, 11) is 0. The Labute approximate surface area is 203 Å². The second-order valence-corrected chi connectivity index (χ2v) is 9.14. The van der Waals surface area contributed by atoms with Gasteiger partial charge in [0.1, 0.15) is 11.5 Å². The number of aromatic nitrogens is 5. The van der Waals surface area contributed by atoms with Crippen LogP contribution < -0.4 is 10.1 Å². The zero-order valence-electron chi connectivity index (χ0n) is 18.6. The third-order valence-corrected chi connectivity index (χ3v) is 6.58. The van der Waals surface area contributed by atoms with Gasteiger partial charge in [0, 0.05) is 22.9 Å². The third kappa shape index (κ3) is 3.94. The van der Waals surface area contributed by atoms with Gasteiger partial charge < -0.3 is 0 Å². The summed E-state index contributed by atoms with van der Waals surface area (Å²) in [5.41, 5.74) is 4.74. The Balaban J connectivity index is 1.49. The number of hydrogen-bond donors (Lipinski definition) is 0. The first-order chi connectivity index (χ1) is 17.0. The number of fused-ring (bicyclic) bond motifs is 1. The van der Waals surface area contributed by atoms with Gasteiger partial charge in [-0.05, 0) is 55.5 Å². The molecule has 0 fully saturated rings. The second kappa shape index (κ2) is 8.41. The minimum Gasteiger partial charge on any atom is -0.266 e. The molecule has 0 aliphatic rings. The van der Waals surface area contributed by atoms with E-state index in [9.17, 15) is 9.18 Å². The van der Waals surface area contributed by atoms with E-state index in [0.29, 0.717) is 21.0 Å². The lowest BCUT2D eigenvalue weighted by molar-refractivity contribution is 0.628. The molecule has 8 heteroatoms. The van der Waals surface area contributed by atoms with Gasteiger partial charge in [-0.3, -0.25) is 4.79 Å². The van der Waals surface area contributed by atoms with E-state index >= 15 is 0 Å². The average Bonchev–Trinajstić information content (AvgIpc) is 3.56. The Morgan fingerprint density at radius 2 is 1.71 bits per heavy atom. The standard InChI is InChI=1S/C27H18FN5OS/c1-17-6-5-7-19(14-17)25-29-27-33(31-25)26(34)23(35-27)15-20-16-32(22-8-3-2-4-9-22)30-24(20)18-10-12-21(28)13-11-18/h2-16H,1H3/b23-15-.